The maximum Gasteiger partial charge on any atom is 0.220 e. The van der Waals surface area contributed by atoms with E-state index in [-0.39, 0.29) is 5.91 Å². The Morgan fingerprint density at radius 1 is 1.12 bits per heavy atom. The Kier molecular flexibility index (Phi) is 5.46. The van der Waals surface area contributed by atoms with Gasteiger partial charge in [-0.2, -0.15) is 5.10 Å². The van der Waals surface area contributed by atoms with Crippen LogP contribution in [0.2, 0.25) is 0 Å². The summed E-state index contributed by atoms with van der Waals surface area (Å²) in [5.74, 6) is 0.797. The van der Waals surface area contributed by atoms with Crippen molar-refractivity contribution >= 4 is 5.91 Å². The number of aryl methyl sites for hydroxylation is 1. The Morgan fingerprint density at radius 3 is 2.68 bits per heavy atom. The summed E-state index contributed by atoms with van der Waals surface area (Å²) in [4.78, 5) is 12.1. The zero-order chi connectivity index (χ0) is 17.5. The normalized spacial score (nSPS) is 10.4. The molecule has 0 aliphatic carbocycles. The fraction of sp³-hybridized carbons (Fsp3) is 0.200. The lowest BCUT2D eigenvalue weighted by atomic mass is 10.1. The Morgan fingerprint density at radius 2 is 1.88 bits per heavy atom. The highest BCUT2D eigenvalue weighted by Gasteiger charge is 2.07. The molecule has 25 heavy (non-hydrogen) atoms. The molecule has 5 heteroatoms. The van der Waals surface area contributed by atoms with Gasteiger partial charge in [0.05, 0.1) is 19.0 Å². The maximum absolute atomic E-state index is 12.1. The van der Waals surface area contributed by atoms with Crippen molar-refractivity contribution in [3.63, 3.8) is 0 Å². The molecule has 128 valence electrons. The van der Waals surface area contributed by atoms with Gasteiger partial charge in [0.25, 0.3) is 0 Å². The number of nitrogens with one attached hydrogen (secondary N) is 1. The molecule has 0 aliphatic rings. The number of hydrogen-bond acceptors (Lipinski definition) is 3. The molecule has 1 aromatic heterocycles. The molecule has 0 saturated heterocycles. The molecule has 1 N–H and O–H groups in total. The third-order valence-electron chi connectivity index (χ3n) is 3.97. The van der Waals surface area contributed by atoms with Crippen LogP contribution in [0.5, 0.6) is 5.75 Å². The van der Waals surface area contributed by atoms with Crippen LogP contribution in [0.15, 0.2) is 67.0 Å². The molecule has 1 heterocycles. The molecule has 0 aliphatic heterocycles. The van der Waals surface area contributed by atoms with E-state index in [0.29, 0.717) is 19.4 Å². The van der Waals surface area contributed by atoms with Gasteiger partial charge >= 0.3 is 0 Å². The van der Waals surface area contributed by atoms with Crippen molar-refractivity contribution in [2.75, 3.05) is 7.11 Å². The predicted molar refractivity (Wildman–Crippen MR) is 96.7 cm³/mol. The minimum atomic E-state index is 0.0124. The molecular weight excluding hydrogens is 314 g/mol. The highest BCUT2D eigenvalue weighted by molar-refractivity contribution is 5.76. The summed E-state index contributed by atoms with van der Waals surface area (Å²) in [5.41, 5.74) is 3.01. The fourth-order valence-electron chi connectivity index (χ4n) is 2.60. The van der Waals surface area contributed by atoms with Gasteiger partial charge in [-0.25, -0.2) is 4.68 Å². The standard InChI is InChI=1S/C20H21N3O2/c1-25-19-10-6-5-7-17(19)14-21-20(24)12-11-16-13-22-23(15-16)18-8-3-2-4-9-18/h2-10,13,15H,11-12,14H2,1H3,(H,21,24). The molecule has 3 rings (SSSR count). The van der Waals surface area contributed by atoms with Crippen molar-refractivity contribution in [1.82, 2.24) is 15.1 Å². The maximum atomic E-state index is 12.1. The quantitative estimate of drug-likeness (QED) is 0.722. The second-order valence-electron chi connectivity index (χ2n) is 5.72. The van der Waals surface area contributed by atoms with E-state index in [1.165, 1.54) is 0 Å². The van der Waals surface area contributed by atoms with E-state index < -0.39 is 0 Å². The average Bonchev–Trinajstić information content (AvgIpc) is 3.14. The van der Waals surface area contributed by atoms with E-state index in [0.717, 1.165) is 22.6 Å². The van der Waals surface area contributed by atoms with E-state index >= 15 is 0 Å². The number of ether oxygens (including phenoxy) is 1. The zero-order valence-electron chi connectivity index (χ0n) is 14.2. The van der Waals surface area contributed by atoms with Crippen LogP contribution in [-0.4, -0.2) is 22.8 Å². The van der Waals surface area contributed by atoms with Crippen molar-refractivity contribution in [3.05, 3.63) is 78.1 Å². The van der Waals surface area contributed by atoms with Gasteiger partial charge in [0.15, 0.2) is 0 Å². The molecule has 0 bridgehead atoms. The second kappa shape index (κ2) is 8.15. The fourth-order valence-corrected chi connectivity index (χ4v) is 2.60. The van der Waals surface area contributed by atoms with E-state index in [2.05, 4.69) is 10.4 Å². The monoisotopic (exact) mass is 335 g/mol. The molecule has 0 spiro atoms. The first-order valence-electron chi connectivity index (χ1n) is 8.24. The summed E-state index contributed by atoms with van der Waals surface area (Å²) < 4.78 is 7.11. The summed E-state index contributed by atoms with van der Waals surface area (Å²) in [7, 11) is 1.63. The Labute approximate surface area is 147 Å². The van der Waals surface area contributed by atoms with Gasteiger partial charge in [0.1, 0.15) is 5.75 Å². The highest BCUT2D eigenvalue weighted by Crippen LogP contribution is 2.16. The largest absolute Gasteiger partial charge is 0.496 e. The van der Waals surface area contributed by atoms with Gasteiger partial charge in [-0.05, 0) is 30.2 Å². The molecule has 0 radical (unpaired) electrons. The number of benzene rings is 2. The van der Waals surface area contributed by atoms with Crippen molar-refractivity contribution in [1.29, 1.82) is 0 Å². The SMILES string of the molecule is COc1ccccc1CNC(=O)CCc1cnn(-c2ccccc2)c1. The molecule has 0 saturated carbocycles. The van der Waals surface area contributed by atoms with E-state index in [4.69, 9.17) is 4.74 Å². The van der Waals surface area contributed by atoms with Crippen LogP contribution >= 0.6 is 0 Å². The molecule has 0 fully saturated rings. The lowest BCUT2D eigenvalue weighted by molar-refractivity contribution is -0.121. The molecule has 0 atom stereocenters. The Hall–Kier alpha value is -3.08. The Balaban J connectivity index is 1.50. The van der Waals surface area contributed by atoms with Crippen molar-refractivity contribution in [3.8, 4) is 11.4 Å². The molecule has 3 aromatic rings. The summed E-state index contributed by atoms with van der Waals surface area (Å²) >= 11 is 0. The van der Waals surface area contributed by atoms with Gasteiger partial charge in [0.2, 0.25) is 5.91 Å². The summed E-state index contributed by atoms with van der Waals surface area (Å²) in [6.45, 7) is 0.464. The first-order valence-corrected chi connectivity index (χ1v) is 8.24. The molecular formula is C20H21N3O2. The van der Waals surface area contributed by atoms with Gasteiger partial charge in [-0.3, -0.25) is 4.79 Å². The topological polar surface area (TPSA) is 56.1 Å². The van der Waals surface area contributed by atoms with Gasteiger partial charge in [-0.15, -0.1) is 0 Å². The Bertz CT molecular complexity index is 828. The molecule has 0 unspecified atom stereocenters. The van der Waals surface area contributed by atoms with Crippen LogP contribution in [0.4, 0.5) is 0 Å². The lowest BCUT2D eigenvalue weighted by Gasteiger charge is -2.09. The van der Waals surface area contributed by atoms with Crippen molar-refractivity contribution in [2.24, 2.45) is 0 Å². The third-order valence-corrected chi connectivity index (χ3v) is 3.97. The van der Waals surface area contributed by atoms with Crippen LogP contribution in [0.1, 0.15) is 17.5 Å². The van der Waals surface area contributed by atoms with Crippen LogP contribution < -0.4 is 10.1 Å². The zero-order valence-corrected chi connectivity index (χ0v) is 14.2. The first-order chi connectivity index (χ1) is 12.3. The summed E-state index contributed by atoms with van der Waals surface area (Å²) in [6.07, 6.45) is 4.85. The van der Waals surface area contributed by atoms with E-state index in [9.17, 15) is 4.79 Å². The lowest BCUT2D eigenvalue weighted by Crippen LogP contribution is -2.23. The molecule has 5 nitrogen and oxygen atoms in total. The number of methoxy groups -OCH3 is 1. The number of nitrogens with zero attached hydrogens (tertiary/aromatic N) is 2. The third kappa shape index (κ3) is 4.47. The predicted octanol–water partition coefficient (Wildman–Crippen LogP) is 3.13. The minimum Gasteiger partial charge on any atom is -0.496 e. The molecule has 2 aromatic carbocycles. The van der Waals surface area contributed by atoms with E-state index in [1.807, 2.05) is 65.5 Å². The van der Waals surface area contributed by atoms with Gasteiger partial charge < -0.3 is 10.1 Å². The van der Waals surface area contributed by atoms with Gasteiger partial charge in [0, 0.05) is 24.7 Å². The number of para-hydroxylation sites is 2. The number of hydrogen-bond donors (Lipinski definition) is 1. The minimum absolute atomic E-state index is 0.0124. The number of aromatic nitrogens is 2. The van der Waals surface area contributed by atoms with Crippen molar-refractivity contribution < 1.29 is 9.53 Å². The van der Waals surface area contributed by atoms with Crippen molar-refractivity contribution in [2.45, 2.75) is 19.4 Å². The smallest absolute Gasteiger partial charge is 0.220 e. The summed E-state index contributed by atoms with van der Waals surface area (Å²) in [6, 6.07) is 17.6. The van der Waals surface area contributed by atoms with E-state index in [1.54, 1.807) is 13.3 Å². The number of amides is 1. The average molecular weight is 335 g/mol. The van der Waals surface area contributed by atoms with Gasteiger partial charge in [-0.1, -0.05) is 36.4 Å². The summed E-state index contributed by atoms with van der Waals surface area (Å²) in [5, 5.41) is 7.29. The van der Waals surface area contributed by atoms with Crippen LogP contribution in [0.25, 0.3) is 5.69 Å². The number of carbonyl (C=O) groups excluding carboxylic acids is 1. The highest BCUT2D eigenvalue weighted by atomic mass is 16.5. The second-order valence-corrected chi connectivity index (χ2v) is 5.72. The number of rotatable bonds is 7. The first kappa shape index (κ1) is 16.8. The van der Waals surface area contributed by atoms with Crippen LogP contribution in [-0.2, 0) is 17.8 Å². The molecule has 1 amide bonds. The number of carbonyl (C=O) groups is 1. The van der Waals surface area contributed by atoms with Crippen LogP contribution in [0.3, 0.4) is 0 Å². The van der Waals surface area contributed by atoms with Crippen LogP contribution in [0, 0.1) is 0 Å².